The lowest BCUT2D eigenvalue weighted by atomic mass is 10.1. The summed E-state index contributed by atoms with van der Waals surface area (Å²) in [6.07, 6.45) is 1.71. The number of aryl methyl sites for hydroxylation is 1. The van der Waals surface area contributed by atoms with Gasteiger partial charge in [-0.2, -0.15) is 0 Å². The Kier molecular flexibility index (Phi) is 5.43. The first-order valence-electron chi connectivity index (χ1n) is 8.36. The Morgan fingerprint density at radius 1 is 1.31 bits per heavy atom. The van der Waals surface area contributed by atoms with E-state index >= 15 is 0 Å². The average molecular weight is 356 g/mol. The van der Waals surface area contributed by atoms with Crippen LogP contribution in [0.5, 0.6) is 0 Å². The van der Waals surface area contributed by atoms with Crippen molar-refractivity contribution in [3.63, 3.8) is 0 Å². The zero-order valence-corrected chi connectivity index (χ0v) is 14.5. The number of morpholine rings is 1. The van der Waals surface area contributed by atoms with Crippen LogP contribution in [0.15, 0.2) is 36.5 Å². The number of pyridine rings is 1. The van der Waals surface area contributed by atoms with Crippen LogP contribution in [0.3, 0.4) is 0 Å². The standard InChI is InChI=1S/C18H20N4O4/c1-13-4-2-6-15(16(13)22(24)25)18(23)20-12-14-5-3-7-19-17(14)21-8-10-26-11-9-21/h2-7H,8-12H2,1H3,(H,20,23). The molecule has 0 atom stereocenters. The highest BCUT2D eigenvalue weighted by Crippen LogP contribution is 2.23. The summed E-state index contributed by atoms with van der Waals surface area (Å²) in [6, 6.07) is 8.42. The SMILES string of the molecule is Cc1cccc(C(=O)NCc2cccnc2N2CCOCC2)c1[N+](=O)[O-]. The van der Waals surface area contributed by atoms with Gasteiger partial charge in [-0.3, -0.25) is 14.9 Å². The minimum Gasteiger partial charge on any atom is -0.378 e. The molecule has 1 aromatic heterocycles. The second kappa shape index (κ2) is 7.92. The molecule has 3 rings (SSSR count). The molecule has 1 amide bonds. The van der Waals surface area contributed by atoms with E-state index in [0.717, 1.165) is 24.5 Å². The maximum Gasteiger partial charge on any atom is 0.285 e. The zero-order valence-electron chi connectivity index (χ0n) is 14.5. The normalized spacial score (nSPS) is 14.1. The van der Waals surface area contributed by atoms with Gasteiger partial charge in [-0.05, 0) is 19.1 Å². The lowest BCUT2D eigenvalue weighted by Gasteiger charge is -2.29. The number of nitro groups is 1. The highest BCUT2D eigenvalue weighted by Gasteiger charge is 2.23. The first kappa shape index (κ1) is 17.8. The van der Waals surface area contributed by atoms with Crippen LogP contribution in [-0.2, 0) is 11.3 Å². The number of amides is 1. The van der Waals surface area contributed by atoms with E-state index in [-0.39, 0.29) is 17.8 Å². The molecule has 8 nitrogen and oxygen atoms in total. The first-order chi connectivity index (χ1) is 12.6. The van der Waals surface area contributed by atoms with Crippen LogP contribution in [-0.4, -0.2) is 42.1 Å². The minimum atomic E-state index is -0.520. The number of rotatable bonds is 5. The molecule has 26 heavy (non-hydrogen) atoms. The maximum absolute atomic E-state index is 12.5. The summed E-state index contributed by atoms with van der Waals surface area (Å²) in [5.74, 6) is 0.326. The number of para-hydroxylation sites is 1. The van der Waals surface area contributed by atoms with E-state index in [2.05, 4.69) is 15.2 Å². The van der Waals surface area contributed by atoms with E-state index in [0.29, 0.717) is 18.8 Å². The third-order valence-corrected chi connectivity index (χ3v) is 4.28. The highest BCUT2D eigenvalue weighted by atomic mass is 16.6. The molecular weight excluding hydrogens is 336 g/mol. The summed E-state index contributed by atoms with van der Waals surface area (Å²) in [5, 5.41) is 14.1. The largest absolute Gasteiger partial charge is 0.378 e. The molecule has 1 aliphatic heterocycles. The molecule has 0 radical (unpaired) electrons. The van der Waals surface area contributed by atoms with Crippen molar-refractivity contribution in [2.45, 2.75) is 13.5 Å². The van der Waals surface area contributed by atoms with Crippen molar-refractivity contribution < 1.29 is 14.5 Å². The predicted octanol–water partition coefficient (Wildman–Crippen LogP) is 2.06. The summed E-state index contributed by atoms with van der Waals surface area (Å²) in [6.45, 7) is 4.61. The van der Waals surface area contributed by atoms with Crippen molar-refractivity contribution in [2.75, 3.05) is 31.2 Å². The van der Waals surface area contributed by atoms with Gasteiger partial charge in [0.1, 0.15) is 11.4 Å². The van der Waals surface area contributed by atoms with Gasteiger partial charge in [0, 0.05) is 37.0 Å². The third kappa shape index (κ3) is 3.80. The maximum atomic E-state index is 12.5. The van der Waals surface area contributed by atoms with Gasteiger partial charge in [-0.15, -0.1) is 0 Å². The fourth-order valence-corrected chi connectivity index (χ4v) is 2.98. The quantitative estimate of drug-likeness (QED) is 0.650. The molecule has 1 aliphatic rings. The van der Waals surface area contributed by atoms with Gasteiger partial charge >= 0.3 is 0 Å². The Bertz CT molecular complexity index is 819. The summed E-state index contributed by atoms with van der Waals surface area (Å²) in [7, 11) is 0. The molecule has 0 unspecified atom stereocenters. The summed E-state index contributed by atoms with van der Waals surface area (Å²) in [4.78, 5) is 29.8. The Balaban J connectivity index is 1.77. The smallest absolute Gasteiger partial charge is 0.285 e. The molecule has 0 aliphatic carbocycles. The lowest BCUT2D eigenvalue weighted by Crippen LogP contribution is -2.37. The van der Waals surface area contributed by atoms with Crippen molar-refractivity contribution >= 4 is 17.4 Å². The van der Waals surface area contributed by atoms with Gasteiger partial charge in [0.2, 0.25) is 0 Å². The molecule has 0 saturated carbocycles. The van der Waals surface area contributed by atoms with E-state index in [1.807, 2.05) is 6.07 Å². The number of benzene rings is 1. The molecule has 1 N–H and O–H groups in total. The number of aromatic nitrogens is 1. The van der Waals surface area contributed by atoms with E-state index in [4.69, 9.17) is 4.74 Å². The second-order valence-corrected chi connectivity index (χ2v) is 6.00. The molecular formula is C18H20N4O4. The van der Waals surface area contributed by atoms with Crippen molar-refractivity contribution in [1.82, 2.24) is 10.3 Å². The predicted molar refractivity (Wildman–Crippen MR) is 96.3 cm³/mol. The monoisotopic (exact) mass is 356 g/mol. The van der Waals surface area contributed by atoms with Gasteiger partial charge in [-0.25, -0.2) is 4.98 Å². The number of ether oxygens (including phenoxy) is 1. The number of hydrogen-bond donors (Lipinski definition) is 1. The molecule has 1 saturated heterocycles. The number of carbonyl (C=O) groups excluding carboxylic acids is 1. The summed E-state index contributed by atoms with van der Waals surface area (Å²) in [5.41, 5.74) is 1.22. The summed E-state index contributed by atoms with van der Waals surface area (Å²) < 4.78 is 5.36. The van der Waals surface area contributed by atoms with E-state index < -0.39 is 10.8 Å². The topological polar surface area (TPSA) is 97.6 Å². The number of anilines is 1. The molecule has 2 aromatic rings. The minimum absolute atomic E-state index is 0.0619. The van der Waals surface area contributed by atoms with Gasteiger partial charge in [0.25, 0.3) is 11.6 Å². The van der Waals surface area contributed by atoms with Crippen LogP contribution in [0.25, 0.3) is 0 Å². The highest BCUT2D eigenvalue weighted by molar-refractivity contribution is 5.98. The molecule has 0 spiro atoms. The van der Waals surface area contributed by atoms with Crippen LogP contribution in [0.1, 0.15) is 21.5 Å². The molecule has 1 fully saturated rings. The van der Waals surface area contributed by atoms with E-state index in [9.17, 15) is 14.9 Å². The van der Waals surface area contributed by atoms with Crippen molar-refractivity contribution in [3.05, 3.63) is 63.3 Å². The van der Waals surface area contributed by atoms with Crippen molar-refractivity contribution in [2.24, 2.45) is 0 Å². The van der Waals surface area contributed by atoms with E-state index in [1.165, 1.54) is 6.07 Å². The van der Waals surface area contributed by atoms with Crippen molar-refractivity contribution in [3.8, 4) is 0 Å². The van der Waals surface area contributed by atoms with Crippen LogP contribution in [0.2, 0.25) is 0 Å². The average Bonchev–Trinajstić information content (AvgIpc) is 2.66. The number of hydrogen-bond acceptors (Lipinski definition) is 6. The van der Waals surface area contributed by atoms with Crippen molar-refractivity contribution in [1.29, 1.82) is 0 Å². The van der Waals surface area contributed by atoms with Gasteiger partial charge in [-0.1, -0.05) is 18.2 Å². The Hall–Kier alpha value is -3.00. The first-order valence-corrected chi connectivity index (χ1v) is 8.36. The lowest BCUT2D eigenvalue weighted by molar-refractivity contribution is -0.385. The Morgan fingerprint density at radius 3 is 2.81 bits per heavy atom. The molecule has 136 valence electrons. The van der Waals surface area contributed by atoms with Gasteiger partial charge < -0.3 is 15.0 Å². The zero-order chi connectivity index (χ0) is 18.5. The second-order valence-electron chi connectivity index (χ2n) is 6.00. The van der Waals surface area contributed by atoms with Crippen LogP contribution < -0.4 is 10.2 Å². The number of carbonyl (C=O) groups is 1. The number of nitrogens with zero attached hydrogens (tertiary/aromatic N) is 3. The van der Waals surface area contributed by atoms with Crippen LogP contribution in [0, 0.1) is 17.0 Å². The third-order valence-electron chi connectivity index (χ3n) is 4.28. The molecule has 1 aromatic carbocycles. The fourth-order valence-electron chi connectivity index (χ4n) is 2.98. The molecule has 8 heteroatoms. The van der Waals surface area contributed by atoms with Gasteiger partial charge in [0.05, 0.1) is 18.1 Å². The molecule has 0 bridgehead atoms. The van der Waals surface area contributed by atoms with Crippen LogP contribution in [0.4, 0.5) is 11.5 Å². The Morgan fingerprint density at radius 2 is 2.08 bits per heavy atom. The van der Waals surface area contributed by atoms with Crippen LogP contribution >= 0.6 is 0 Å². The number of nitro benzene ring substituents is 1. The number of nitrogens with one attached hydrogen (secondary N) is 1. The molecule has 2 heterocycles. The van der Waals surface area contributed by atoms with Gasteiger partial charge in [0.15, 0.2) is 0 Å². The summed E-state index contributed by atoms with van der Waals surface area (Å²) >= 11 is 0. The Labute approximate surface area is 150 Å². The van der Waals surface area contributed by atoms with E-state index in [1.54, 1.807) is 31.3 Å². The fraction of sp³-hybridized carbons (Fsp3) is 0.333.